The molecule has 0 bridgehead atoms. The topological polar surface area (TPSA) is 97.5 Å². The molecule has 1 aliphatic carbocycles. The Morgan fingerprint density at radius 3 is 2.53 bits per heavy atom. The molecule has 0 heterocycles. The van der Waals surface area contributed by atoms with Crippen molar-refractivity contribution >= 4 is 10.1 Å². The van der Waals surface area contributed by atoms with Gasteiger partial charge in [0.05, 0.1) is 10.8 Å². The third-order valence-corrected chi connectivity index (χ3v) is 4.37. The lowest BCUT2D eigenvalue weighted by molar-refractivity contribution is -0.434. The van der Waals surface area contributed by atoms with Crippen molar-refractivity contribution in [2.24, 2.45) is 5.92 Å². The summed E-state index contributed by atoms with van der Waals surface area (Å²) in [6.07, 6.45) is 3.75. The van der Waals surface area contributed by atoms with Crippen molar-refractivity contribution in [3.05, 3.63) is 34.0 Å². The molecule has 7 heteroatoms. The quantitative estimate of drug-likeness (QED) is 0.436. The molecular formula is C8H11NO5S. The number of hydrogen-bond acceptors (Lipinski definition) is 4. The number of hydrogen-bond donors (Lipinski definition) is 1. The van der Waals surface area contributed by atoms with Crippen LogP contribution in [0, 0.1) is 16.0 Å². The zero-order valence-corrected chi connectivity index (χ0v) is 9.06. The van der Waals surface area contributed by atoms with Gasteiger partial charge in [-0.05, 0) is 6.92 Å². The fourth-order valence-corrected chi connectivity index (χ4v) is 2.27. The molecule has 84 valence electrons. The van der Waals surface area contributed by atoms with Crippen molar-refractivity contribution < 1.29 is 17.9 Å². The maximum Gasteiger partial charge on any atom is 0.274 e. The molecule has 0 saturated heterocycles. The maximum atomic E-state index is 11.1. The maximum absolute atomic E-state index is 11.1. The summed E-state index contributed by atoms with van der Waals surface area (Å²) in [5.74, 6) is -0.896. The van der Waals surface area contributed by atoms with Crippen LogP contribution in [0.15, 0.2) is 23.9 Å². The van der Waals surface area contributed by atoms with E-state index in [2.05, 4.69) is 0 Å². The zero-order valence-electron chi connectivity index (χ0n) is 8.25. The molecular weight excluding hydrogens is 222 g/mol. The average molecular weight is 233 g/mol. The summed E-state index contributed by atoms with van der Waals surface area (Å²) in [4.78, 5) is 9.97. The van der Waals surface area contributed by atoms with Crippen LogP contribution in [-0.2, 0) is 10.1 Å². The predicted octanol–water partition coefficient (Wildman–Crippen LogP) is 0.999. The molecule has 0 aromatic heterocycles. The van der Waals surface area contributed by atoms with Crippen LogP contribution in [0.4, 0.5) is 0 Å². The van der Waals surface area contributed by atoms with Crippen LogP contribution in [0.2, 0.25) is 0 Å². The van der Waals surface area contributed by atoms with Gasteiger partial charge in [0.15, 0.2) is 0 Å². The molecule has 0 amide bonds. The Hall–Kier alpha value is -1.21. The highest BCUT2D eigenvalue weighted by Crippen LogP contribution is 2.35. The van der Waals surface area contributed by atoms with Gasteiger partial charge in [-0.25, -0.2) is 0 Å². The molecule has 15 heavy (non-hydrogen) atoms. The van der Waals surface area contributed by atoms with Gasteiger partial charge in [-0.2, -0.15) is 8.42 Å². The highest BCUT2D eigenvalue weighted by Gasteiger charge is 2.47. The van der Waals surface area contributed by atoms with Crippen LogP contribution < -0.4 is 0 Å². The van der Waals surface area contributed by atoms with E-state index in [1.165, 1.54) is 32.1 Å². The number of rotatable bonds is 2. The standard InChI is InChI=1S/C8H11NO5S/c1-6-7(9(10)11)4-3-5-8(6,2)15(12,13)14/h3-6H,1-2H3,(H,12,13,14). The Labute approximate surface area is 87.2 Å². The zero-order chi connectivity index (χ0) is 11.9. The second kappa shape index (κ2) is 3.42. The lowest BCUT2D eigenvalue weighted by atomic mass is 9.88. The Morgan fingerprint density at radius 2 is 2.13 bits per heavy atom. The van der Waals surface area contributed by atoms with Crippen LogP contribution >= 0.6 is 0 Å². The normalized spacial score (nSPS) is 31.1. The molecule has 0 aromatic rings. The third kappa shape index (κ3) is 1.80. The minimum Gasteiger partial charge on any atom is -0.285 e. The van der Waals surface area contributed by atoms with Crippen molar-refractivity contribution in [2.45, 2.75) is 18.6 Å². The molecule has 0 aliphatic heterocycles. The monoisotopic (exact) mass is 233 g/mol. The van der Waals surface area contributed by atoms with Gasteiger partial charge in [-0.1, -0.05) is 19.1 Å². The molecule has 0 aromatic carbocycles. The van der Waals surface area contributed by atoms with Gasteiger partial charge in [0, 0.05) is 6.08 Å². The Morgan fingerprint density at radius 1 is 1.60 bits per heavy atom. The molecule has 0 saturated carbocycles. The van der Waals surface area contributed by atoms with Crippen LogP contribution in [0.5, 0.6) is 0 Å². The first-order chi connectivity index (χ1) is 6.70. The van der Waals surface area contributed by atoms with Crippen molar-refractivity contribution in [3.63, 3.8) is 0 Å². The van der Waals surface area contributed by atoms with Crippen LogP contribution in [0.25, 0.3) is 0 Å². The molecule has 0 spiro atoms. The largest absolute Gasteiger partial charge is 0.285 e. The molecule has 6 nitrogen and oxygen atoms in total. The minimum absolute atomic E-state index is 0.224. The second-order valence-corrected chi connectivity index (χ2v) is 5.42. The van der Waals surface area contributed by atoms with Gasteiger partial charge in [0.2, 0.25) is 0 Å². The van der Waals surface area contributed by atoms with Gasteiger partial charge in [-0.15, -0.1) is 0 Å². The lowest BCUT2D eigenvalue weighted by Gasteiger charge is -2.29. The van der Waals surface area contributed by atoms with E-state index in [1.807, 2.05) is 0 Å². The second-order valence-electron chi connectivity index (χ2n) is 3.59. The minimum atomic E-state index is -4.37. The SMILES string of the molecule is CC1C([N+](=O)[O-])=CC=CC1(C)S(=O)(=O)O. The summed E-state index contributed by atoms with van der Waals surface area (Å²) >= 11 is 0. The van der Waals surface area contributed by atoms with Gasteiger partial charge < -0.3 is 0 Å². The summed E-state index contributed by atoms with van der Waals surface area (Å²) in [6, 6.07) is 0. The van der Waals surface area contributed by atoms with Gasteiger partial charge in [-0.3, -0.25) is 14.7 Å². The van der Waals surface area contributed by atoms with E-state index in [4.69, 9.17) is 4.55 Å². The summed E-state index contributed by atoms with van der Waals surface area (Å²) in [7, 11) is -4.37. The van der Waals surface area contributed by atoms with E-state index >= 15 is 0 Å². The van der Waals surface area contributed by atoms with Crippen molar-refractivity contribution in [2.75, 3.05) is 0 Å². The summed E-state index contributed by atoms with van der Waals surface area (Å²) < 4.78 is 29.7. The summed E-state index contributed by atoms with van der Waals surface area (Å²) in [5, 5.41) is 10.6. The van der Waals surface area contributed by atoms with E-state index in [1.54, 1.807) is 0 Å². The Bertz CT molecular complexity index is 450. The van der Waals surface area contributed by atoms with E-state index < -0.39 is 25.7 Å². The van der Waals surface area contributed by atoms with Crippen molar-refractivity contribution in [3.8, 4) is 0 Å². The molecule has 1 N–H and O–H groups in total. The van der Waals surface area contributed by atoms with Crippen LogP contribution in [-0.4, -0.2) is 22.6 Å². The van der Waals surface area contributed by atoms with E-state index in [0.717, 1.165) is 0 Å². The molecule has 1 rings (SSSR count). The van der Waals surface area contributed by atoms with E-state index in [0.29, 0.717) is 0 Å². The first-order valence-corrected chi connectivity index (χ1v) is 5.65. The van der Waals surface area contributed by atoms with Gasteiger partial charge in [0.25, 0.3) is 15.8 Å². The fraction of sp³-hybridized carbons (Fsp3) is 0.500. The summed E-state index contributed by atoms with van der Waals surface area (Å²) in [6.45, 7) is 2.64. The average Bonchev–Trinajstić information content (AvgIpc) is 2.07. The lowest BCUT2D eigenvalue weighted by Crippen LogP contribution is -2.42. The number of allylic oxidation sites excluding steroid dienone is 3. The first-order valence-electron chi connectivity index (χ1n) is 4.21. The molecule has 0 radical (unpaired) electrons. The molecule has 1 aliphatic rings. The smallest absolute Gasteiger partial charge is 0.274 e. The molecule has 2 unspecified atom stereocenters. The molecule has 0 fully saturated rings. The van der Waals surface area contributed by atoms with Crippen molar-refractivity contribution in [1.82, 2.24) is 0 Å². The van der Waals surface area contributed by atoms with E-state index in [9.17, 15) is 18.5 Å². The fourth-order valence-electron chi connectivity index (χ4n) is 1.45. The number of nitrogens with zero attached hydrogens (tertiary/aromatic N) is 1. The highest BCUT2D eigenvalue weighted by molar-refractivity contribution is 7.87. The van der Waals surface area contributed by atoms with Gasteiger partial charge in [0.1, 0.15) is 4.75 Å². The third-order valence-electron chi connectivity index (χ3n) is 2.76. The molecule has 2 atom stereocenters. The van der Waals surface area contributed by atoms with Crippen LogP contribution in [0.1, 0.15) is 13.8 Å². The number of nitro groups is 1. The highest BCUT2D eigenvalue weighted by atomic mass is 32.2. The summed E-state index contributed by atoms with van der Waals surface area (Å²) in [5.41, 5.74) is -0.224. The Balaban J connectivity index is 3.27. The van der Waals surface area contributed by atoms with Crippen molar-refractivity contribution in [1.29, 1.82) is 0 Å². The van der Waals surface area contributed by atoms with E-state index in [-0.39, 0.29) is 5.70 Å². The Kier molecular flexibility index (Phi) is 2.71. The predicted molar refractivity (Wildman–Crippen MR) is 53.3 cm³/mol. The first kappa shape index (κ1) is 11.9. The van der Waals surface area contributed by atoms with Crippen LogP contribution in [0.3, 0.4) is 0 Å². The van der Waals surface area contributed by atoms with Gasteiger partial charge >= 0.3 is 0 Å².